The second-order valence-corrected chi connectivity index (χ2v) is 6.24. The van der Waals surface area contributed by atoms with Crippen LogP contribution in [0.4, 0.5) is 0 Å². The Kier molecular flexibility index (Phi) is 15.2. The molecule has 0 aliphatic rings. The zero-order valence-corrected chi connectivity index (χ0v) is 17.0. The van der Waals surface area contributed by atoms with Gasteiger partial charge in [-0.3, -0.25) is 0 Å². The zero-order valence-electron chi connectivity index (χ0n) is 15.9. The number of ether oxygens (including phenoxy) is 2. The number of hydrogen-bond donors (Lipinski definition) is 0. The van der Waals surface area contributed by atoms with Crippen LogP contribution in [0.25, 0.3) is 0 Å². The average Bonchev–Trinajstić information content (AvgIpc) is 2.63. The molecule has 5 heteroatoms. The SMILES string of the molecule is CCCCOC(=O)c1ccccc1C(=O)OCCCC.CCCCP. The molecule has 0 N–H and O–H groups in total. The number of carbonyl (C=O) groups is 2. The van der Waals surface area contributed by atoms with Crippen LogP contribution in [0.5, 0.6) is 0 Å². The van der Waals surface area contributed by atoms with Crippen LogP contribution in [-0.2, 0) is 9.47 Å². The molecular formula is C20H33O4P. The quantitative estimate of drug-likeness (QED) is 0.321. The molecule has 1 aromatic carbocycles. The molecule has 0 amide bonds. The Balaban J connectivity index is 0.00000101. The average molecular weight is 368 g/mol. The second-order valence-electron chi connectivity index (χ2n) is 5.67. The van der Waals surface area contributed by atoms with Crippen molar-refractivity contribution >= 4 is 21.2 Å². The Morgan fingerprint density at radius 3 is 1.48 bits per heavy atom. The van der Waals surface area contributed by atoms with E-state index < -0.39 is 11.9 Å². The third-order valence-corrected chi connectivity index (χ3v) is 3.79. The molecule has 1 rings (SSSR count). The molecule has 1 atom stereocenters. The van der Waals surface area contributed by atoms with Gasteiger partial charge in [-0.15, -0.1) is 9.24 Å². The van der Waals surface area contributed by atoms with Crippen molar-refractivity contribution in [2.75, 3.05) is 19.4 Å². The normalized spacial score (nSPS) is 9.76. The summed E-state index contributed by atoms with van der Waals surface area (Å²) in [7, 11) is 2.70. The lowest BCUT2D eigenvalue weighted by Crippen LogP contribution is -2.14. The van der Waals surface area contributed by atoms with E-state index in [1.54, 1.807) is 24.3 Å². The van der Waals surface area contributed by atoms with Gasteiger partial charge < -0.3 is 9.47 Å². The molecule has 0 saturated carbocycles. The highest BCUT2D eigenvalue weighted by Crippen LogP contribution is 2.12. The molecule has 4 nitrogen and oxygen atoms in total. The fourth-order valence-electron chi connectivity index (χ4n) is 1.82. The predicted octanol–water partition coefficient (Wildman–Crippen LogP) is 5.26. The van der Waals surface area contributed by atoms with Gasteiger partial charge in [0.1, 0.15) is 0 Å². The summed E-state index contributed by atoms with van der Waals surface area (Å²) in [5, 5.41) is 0. The van der Waals surface area contributed by atoms with Crippen LogP contribution >= 0.6 is 9.24 Å². The zero-order chi connectivity index (χ0) is 18.9. The van der Waals surface area contributed by atoms with Crippen molar-refractivity contribution in [1.29, 1.82) is 0 Å². The summed E-state index contributed by atoms with van der Waals surface area (Å²) in [5.41, 5.74) is 0.537. The minimum Gasteiger partial charge on any atom is -0.462 e. The maximum Gasteiger partial charge on any atom is 0.339 e. The molecule has 1 unspecified atom stereocenters. The first-order chi connectivity index (χ1) is 12.1. The third kappa shape index (κ3) is 10.9. The van der Waals surface area contributed by atoms with Gasteiger partial charge in [-0.1, -0.05) is 58.6 Å². The number of carbonyl (C=O) groups excluding carboxylic acids is 2. The molecule has 0 saturated heterocycles. The molecule has 142 valence electrons. The van der Waals surface area contributed by atoms with Crippen LogP contribution < -0.4 is 0 Å². The molecule has 25 heavy (non-hydrogen) atoms. The van der Waals surface area contributed by atoms with Gasteiger partial charge in [-0.2, -0.15) is 0 Å². The first kappa shape index (κ1) is 23.6. The van der Waals surface area contributed by atoms with Crippen LogP contribution in [0.3, 0.4) is 0 Å². The van der Waals surface area contributed by atoms with Crippen molar-refractivity contribution in [3.05, 3.63) is 35.4 Å². The standard InChI is InChI=1S/C16H22O4.C4H11P/c1-3-5-11-19-15(17)13-9-7-8-10-14(13)16(18)20-12-6-4-2;1-2-3-4-5/h7-10H,3-6,11-12H2,1-2H3;2-5H2,1H3. The van der Waals surface area contributed by atoms with Crippen LogP contribution in [0, 0.1) is 0 Å². The van der Waals surface area contributed by atoms with Gasteiger partial charge in [0.05, 0.1) is 24.3 Å². The van der Waals surface area contributed by atoms with E-state index in [1.807, 2.05) is 13.8 Å². The first-order valence-electron chi connectivity index (χ1n) is 9.25. The monoisotopic (exact) mass is 368 g/mol. The van der Waals surface area contributed by atoms with Gasteiger partial charge in [-0.05, 0) is 31.1 Å². The van der Waals surface area contributed by atoms with Crippen LogP contribution in [0.1, 0.15) is 80.0 Å². The minimum atomic E-state index is -0.471. The maximum atomic E-state index is 11.9. The van der Waals surface area contributed by atoms with Crippen LogP contribution in [0.15, 0.2) is 24.3 Å². The number of rotatable bonds is 10. The van der Waals surface area contributed by atoms with Crippen LogP contribution in [-0.4, -0.2) is 31.3 Å². The summed E-state index contributed by atoms with van der Waals surface area (Å²) >= 11 is 0. The fraction of sp³-hybridized carbons (Fsp3) is 0.600. The molecule has 0 aliphatic carbocycles. The molecular weight excluding hydrogens is 335 g/mol. The first-order valence-corrected chi connectivity index (χ1v) is 10.1. The summed E-state index contributed by atoms with van der Waals surface area (Å²) < 4.78 is 10.3. The van der Waals surface area contributed by atoms with E-state index in [4.69, 9.17) is 9.47 Å². The van der Waals surface area contributed by atoms with Crippen molar-refractivity contribution < 1.29 is 19.1 Å². The number of unbranched alkanes of at least 4 members (excludes halogenated alkanes) is 3. The highest BCUT2D eigenvalue weighted by Gasteiger charge is 2.18. The summed E-state index contributed by atoms with van der Waals surface area (Å²) in [5.74, 6) is -0.942. The number of benzene rings is 1. The lowest BCUT2D eigenvalue weighted by atomic mass is 10.1. The van der Waals surface area contributed by atoms with Gasteiger partial charge in [0.2, 0.25) is 0 Å². The molecule has 0 heterocycles. The van der Waals surface area contributed by atoms with E-state index >= 15 is 0 Å². The smallest absolute Gasteiger partial charge is 0.339 e. The predicted molar refractivity (Wildman–Crippen MR) is 106 cm³/mol. The van der Waals surface area contributed by atoms with E-state index in [-0.39, 0.29) is 11.1 Å². The largest absolute Gasteiger partial charge is 0.462 e. The maximum absolute atomic E-state index is 11.9. The highest BCUT2D eigenvalue weighted by atomic mass is 31.0. The lowest BCUT2D eigenvalue weighted by Gasteiger charge is -2.09. The summed E-state index contributed by atoms with van der Waals surface area (Å²) in [4.78, 5) is 23.9. The Morgan fingerprint density at radius 2 is 1.20 bits per heavy atom. The molecule has 1 aromatic rings. The highest BCUT2D eigenvalue weighted by molar-refractivity contribution is 7.16. The third-order valence-electron chi connectivity index (χ3n) is 3.39. The van der Waals surface area contributed by atoms with Gasteiger partial charge in [0.25, 0.3) is 0 Å². The lowest BCUT2D eigenvalue weighted by molar-refractivity contribution is 0.0452. The van der Waals surface area contributed by atoms with Gasteiger partial charge in [-0.25, -0.2) is 9.59 Å². The van der Waals surface area contributed by atoms with Crippen molar-refractivity contribution in [1.82, 2.24) is 0 Å². The van der Waals surface area contributed by atoms with Crippen LogP contribution in [0.2, 0.25) is 0 Å². The van der Waals surface area contributed by atoms with Crippen molar-refractivity contribution in [3.63, 3.8) is 0 Å². The Morgan fingerprint density at radius 1 is 0.800 bits per heavy atom. The summed E-state index contributed by atoms with van der Waals surface area (Å²) in [6.45, 7) is 6.98. The molecule has 0 spiro atoms. The molecule has 0 aliphatic heterocycles. The summed E-state index contributed by atoms with van der Waals surface area (Å²) in [6, 6.07) is 6.59. The number of esters is 2. The molecule has 0 radical (unpaired) electrons. The Labute approximate surface area is 154 Å². The Hall–Kier alpha value is -1.41. The van der Waals surface area contributed by atoms with Gasteiger partial charge in [0, 0.05) is 0 Å². The van der Waals surface area contributed by atoms with E-state index in [1.165, 1.54) is 19.0 Å². The summed E-state index contributed by atoms with van der Waals surface area (Å²) in [6.07, 6.45) is 7.47. The van der Waals surface area contributed by atoms with Gasteiger partial charge in [0.15, 0.2) is 0 Å². The van der Waals surface area contributed by atoms with E-state index in [9.17, 15) is 9.59 Å². The van der Waals surface area contributed by atoms with Crippen molar-refractivity contribution in [2.45, 2.75) is 59.3 Å². The molecule has 0 aromatic heterocycles. The van der Waals surface area contributed by atoms with Crippen molar-refractivity contribution in [2.24, 2.45) is 0 Å². The second kappa shape index (κ2) is 16.1. The van der Waals surface area contributed by atoms with E-state index in [2.05, 4.69) is 16.2 Å². The number of hydrogen-bond acceptors (Lipinski definition) is 4. The fourth-order valence-corrected chi connectivity index (χ4v) is 2.23. The minimum absolute atomic E-state index is 0.269. The topological polar surface area (TPSA) is 52.6 Å². The Bertz CT molecular complexity index is 445. The van der Waals surface area contributed by atoms with E-state index in [0.717, 1.165) is 25.7 Å². The van der Waals surface area contributed by atoms with Crippen molar-refractivity contribution in [3.8, 4) is 0 Å². The molecule has 0 fully saturated rings. The molecule has 0 bridgehead atoms. The van der Waals surface area contributed by atoms with E-state index in [0.29, 0.717) is 13.2 Å². The van der Waals surface area contributed by atoms with Gasteiger partial charge >= 0.3 is 11.9 Å².